The third-order valence-corrected chi connectivity index (χ3v) is 6.71. The van der Waals surface area contributed by atoms with Crippen molar-refractivity contribution >= 4 is 23.2 Å². The molecule has 0 bridgehead atoms. The largest absolute Gasteiger partial charge is 0.508 e. The van der Waals surface area contributed by atoms with E-state index in [0.717, 1.165) is 0 Å². The van der Waals surface area contributed by atoms with Gasteiger partial charge < -0.3 is 26.2 Å². The van der Waals surface area contributed by atoms with Crippen molar-refractivity contribution in [3.05, 3.63) is 39.7 Å². The molecule has 0 radical (unpaired) electrons. The number of aromatic nitrogens is 1. The first-order valence-electron chi connectivity index (χ1n) is 9.86. The van der Waals surface area contributed by atoms with Crippen molar-refractivity contribution < 1.29 is 39.2 Å². The number of amides is 1. The van der Waals surface area contributed by atoms with Gasteiger partial charge in [-0.05, 0) is 39.8 Å². The number of hydrogen-bond acceptors (Lipinski definition) is 9. The number of likely N-dealkylation sites (N-methyl/N-ethyl adjacent to an activating group) is 1. The minimum atomic E-state index is -2.72. The Labute approximate surface area is 181 Å². The molecule has 1 aromatic rings. The zero-order valence-corrected chi connectivity index (χ0v) is 17.5. The number of ketones is 2. The molecule has 0 unspecified atom stereocenters. The lowest BCUT2D eigenvalue weighted by atomic mass is 9.57. The van der Waals surface area contributed by atoms with E-state index in [9.17, 15) is 39.2 Å². The smallest absolute Gasteiger partial charge is 0.255 e. The third-order valence-electron chi connectivity index (χ3n) is 6.71. The summed E-state index contributed by atoms with van der Waals surface area (Å²) in [6.45, 7) is 1.32. The molecule has 0 aromatic carbocycles. The summed E-state index contributed by atoms with van der Waals surface area (Å²) in [5, 5.41) is 43.4. The van der Waals surface area contributed by atoms with Gasteiger partial charge in [0.2, 0.25) is 11.7 Å². The Bertz CT molecular complexity index is 1170. The Morgan fingerprint density at radius 3 is 2.44 bits per heavy atom. The standard InChI is InChI=1S/C21H22FN3O7/c1-6-14(26)11-8(19(22)24-6)4-7-5-9-13(25(2)3)16(28)12(20(23)31)18(30)21(9,32)17(29)10(7)15(11)27/h7,9,13,26-27,30,32H,4-5H2,1-3H3,(H2,23,31)/t7-,9-,13-,21-/m0/s1. The van der Waals surface area contributed by atoms with Gasteiger partial charge in [-0.1, -0.05) is 0 Å². The van der Waals surface area contributed by atoms with Gasteiger partial charge in [0.15, 0.2) is 11.4 Å². The summed E-state index contributed by atoms with van der Waals surface area (Å²) in [4.78, 5) is 43.4. The number of aryl methyl sites for hydroxylation is 1. The third kappa shape index (κ3) is 2.58. The summed E-state index contributed by atoms with van der Waals surface area (Å²) >= 11 is 0. The number of nitrogens with two attached hydrogens (primary N) is 1. The van der Waals surface area contributed by atoms with Crippen LogP contribution in [0.3, 0.4) is 0 Å². The molecule has 0 spiro atoms. The van der Waals surface area contributed by atoms with Gasteiger partial charge in [0.05, 0.1) is 17.3 Å². The number of carbonyl (C=O) groups excluding carboxylic acids is 3. The maximum Gasteiger partial charge on any atom is 0.255 e. The van der Waals surface area contributed by atoms with E-state index in [1.165, 1.54) is 25.9 Å². The molecule has 170 valence electrons. The average Bonchev–Trinajstić information content (AvgIpc) is 2.68. The number of pyridine rings is 1. The molecule has 1 heterocycles. The minimum Gasteiger partial charge on any atom is -0.508 e. The molecule has 4 rings (SSSR count). The molecule has 1 aromatic heterocycles. The van der Waals surface area contributed by atoms with Gasteiger partial charge in [-0.3, -0.25) is 19.3 Å². The van der Waals surface area contributed by atoms with Gasteiger partial charge in [0.1, 0.15) is 22.8 Å². The number of Topliss-reactive ketones (excluding diaryl/α,β-unsaturated/α-hetero) is 2. The number of nitrogens with zero attached hydrogens (tertiary/aromatic N) is 2. The van der Waals surface area contributed by atoms with Crippen molar-refractivity contribution in [2.24, 2.45) is 17.6 Å². The molecule has 3 aliphatic rings. The lowest BCUT2D eigenvalue weighted by Gasteiger charge is -2.50. The monoisotopic (exact) mass is 447 g/mol. The van der Waals surface area contributed by atoms with E-state index in [4.69, 9.17) is 5.73 Å². The number of aliphatic hydroxyl groups excluding tert-OH is 2. The van der Waals surface area contributed by atoms with Gasteiger partial charge in [-0.2, -0.15) is 4.39 Å². The van der Waals surface area contributed by atoms with Crippen molar-refractivity contribution in [2.75, 3.05) is 14.1 Å². The van der Waals surface area contributed by atoms with Crippen molar-refractivity contribution in [1.29, 1.82) is 0 Å². The Morgan fingerprint density at radius 2 is 1.88 bits per heavy atom. The average molecular weight is 447 g/mol. The Balaban J connectivity index is 2.00. The lowest BCUT2D eigenvalue weighted by molar-refractivity contribution is -0.153. The van der Waals surface area contributed by atoms with Gasteiger partial charge in [0.25, 0.3) is 5.91 Å². The first-order valence-corrected chi connectivity index (χ1v) is 9.86. The van der Waals surface area contributed by atoms with E-state index in [-0.39, 0.29) is 35.2 Å². The maximum absolute atomic E-state index is 14.6. The molecular formula is C21H22FN3O7. The molecule has 10 nitrogen and oxygen atoms in total. The molecule has 3 aliphatic carbocycles. The Morgan fingerprint density at radius 1 is 1.25 bits per heavy atom. The number of rotatable bonds is 2. The lowest BCUT2D eigenvalue weighted by Crippen LogP contribution is -2.65. The van der Waals surface area contributed by atoms with Gasteiger partial charge in [0, 0.05) is 17.1 Å². The summed E-state index contributed by atoms with van der Waals surface area (Å²) in [6, 6.07) is -1.19. The first kappa shape index (κ1) is 21.9. The molecule has 1 saturated carbocycles. The molecule has 6 N–H and O–H groups in total. The van der Waals surface area contributed by atoms with Crippen LogP contribution in [-0.2, 0) is 20.8 Å². The highest BCUT2D eigenvalue weighted by Crippen LogP contribution is 2.52. The van der Waals surface area contributed by atoms with Crippen LogP contribution in [0.2, 0.25) is 0 Å². The number of aromatic hydroxyl groups is 1. The minimum absolute atomic E-state index is 0.0984. The maximum atomic E-state index is 14.6. The molecule has 1 fully saturated rings. The van der Waals surface area contributed by atoms with Crippen LogP contribution in [0.1, 0.15) is 23.2 Å². The summed E-state index contributed by atoms with van der Waals surface area (Å²) < 4.78 is 14.6. The second-order valence-electron chi connectivity index (χ2n) is 8.65. The summed E-state index contributed by atoms with van der Waals surface area (Å²) in [6.07, 6.45) is -0.249. The van der Waals surface area contributed by atoms with Crippen LogP contribution >= 0.6 is 0 Å². The predicted molar refractivity (Wildman–Crippen MR) is 107 cm³/mol. The Kier molecular flexibility index (Phi) is 4.68. The second-order valence-corrected chi connectivity index (χ2v) is 8.65. The van der Waals surface area contributed by atoms with Crippen LogP contribution in [0.25, 0.3) is 5.76 Å². The number of fused-ring (bicyclic) bond motifs is 3. The molecule has 0 saturated heterocycles. The van der Waals surface area contributed by atoms with Crippen LogP contribution in [0.15, 0.2) is 16.9 Å². The van der Waals surface area contributed by atoms with Crippen LogP contribution < -0.4 is 5.73 Å². The van der Waals surface area contributed by atoms with Crippen molar-refractivity contribution in [3.8, 4) is 5.75 Å². The van der Waals surface area contributed by atoms with Crippen LogP contribution in [0.4, 0.5) is 4.39 Å². The number of primary amides is 1. The van der Waals surface area contributed by atoms with Crippen molar-refractivity contribution in [1.82, 2.24) is 9.88 Å². The fourth-order valence-corrected chi connectivity index (χ4v) is 5.27. The van der Waals surface area contributed by atoms with E-state index in [1.54, 1.807) is 0 Å². The second kappa shape index (κ2) is 6.84. The number of halogens is 1. The zero-order valence-electron chi connectivity index (χ0n) is 17.5. The quantitative estimate of drug-likeness (QED) is 0.304. The van der Waals surface area contributed by atoms with Crippen LogP contribution in [0, 0.1) is 24.7 Å². The normalized spacial score (nSPS) is 29.8. The summed E-state index contributed by atoms with van der Waals surface area (Å²) in [5.74, 6) is -8.71. The van der Waals surface area contributed by atoms with Gasteiger partial charge >= 0.3 is 0 Å². The van der Waals surface area contributed by atoms with E-state index in [0.29, 0.717) is 0 Å². The molecule has 4 atom stereocenters. The predicted octanol–water partition coefficient (Wildman–Crippen LogP) is -0.193. The highest BCUT2D eigenvalue weighted by atomic mass is 19.1. The van der Waals surface area contributed by atoms with E-state index in [1.807, 2.05) is 0 Å². The van der Waals surface area contributed by atoms with Gasteiger partial charge in [-0.25, -0.2) is 4.98 Å². The van der Waals surface area contributed by atoms with Crippen LogP contribution in [0.5, 0.6) is 5.75 Å². The SMILES string of the molecule is Cc1nc(F)c2c(c1O)C(O)=C1C(=O)[C@]3(O)C(O)=C(C(N)=O)C(=O)[C@@H](N(C)C)[C@@H]3C[C@@H]1C2. The van der Waals surface area contributed by atoms with Crippen molar-refractivity contribution in [2.45, 2.75) is 31.4 Å². The summed E-state index contributed by atoms with van der Waals surface area (Å²) in [7, 11) is 3.00. The van der Waals surface area contributed by atoms with E-state index < -0.39 is 69.7 Å². The number of hydrogen-bond donors (Lipinski definition) is 5. The zero-order chi connectivity index (χ0) is 23.9. The molecular weight excluding hydrogens is 425 g/mol. The van der Waals surface area contributed by atoms with E-state index in [2.05, 4.69) is 4.98 Å². The van der Waals surface area contributed by atoms with E-state index >= 15 is 0 Å². The highest BCUT2D eigenvalue weighted by molar-refractivity contribution is 6.24. The molecule has 32 heavy (non-hydrogen) atoms. The Hall–Kier alpha value is -3.31. The fraction of sp³-hybridized carbons (Fsp3) is 0.429. The number of carbonyl (C=O) groups is 3. The highest BCUT2D eigenvalue weighted by Gasteiger charge is 2.64. The molecule has 1 amide bonds. The summed E-state index contributed by atoms with van der Waals surface area (Å²) in [5.41, 5.74) is 0.783. The van der Waals surface area contributed by atoms with Gasteiger partial charge in [-0.15, -0.1) is 0 Å². The van der Waals surface area contributed by atoms with Crippen molar-refractivity contribution in [3.63, 3.8) is 0 Å². The fourth-order valence-electron chi connectivity index (χ4n) is 5.27. The topological polar surface area (TPSA) is 174 Å². The molecule has 0 aliphatic heterocycles. The first-order chi connectivity index (χ1) is 14.8. The molecule has 11 heteroatoms. The number of aliphatic hydroxyl groups is 3. The van der Waals surface area contributed by atoms with Crippen LogP contribution in [-0.4, -0.2) is 73.5 Å².